The van der Waals surface area contributed by atoms with Gasteiger partial charge >= 0.3 is 0 Å². The number of methoxy groups -OCH3 is 1. The van der Waals surface area contributed by atoms with Crippen LogP contribution < -0.4 is 4.74 Å². The van der Waals surface area contributed by atoms with Crippen LogP contribution in [-0.2, 0) is 12.1 Å². The van der Waals surface area contributed by atoms with Gasteiger partial charge in [0.15, 0.2) is 11.5 Å². The molecule has 4 rings (SSSR count). The van der Waals surface area contributed by atoms with E-state index in [0.717, 1.165) is 36.1 Å². The molecule has 150 valence electrons. The minimum Gasteiger partial charge on any atom is -0.504 e. The summed E-state index contributed by atoms with van der Waals surface area (Å²) >= 11 is 0. The monoisotopic (exact) mass is 389 g/mol. The highest BCUT2D eigenvalue weighted by Crippen LogP contribution is 2.41. The average molecular weight is 389 g/mol. The number of hydrogen-bond acceptors (Lipinski definition) is 4. The molecule has 1 aliphatic rings. The second-order valence-electron chi connectivity index (χ2n) is 7.59. The van der Waals surface area contributed by atoms with Crippen molar-refractivity contribution in [1.82, 2.24) is 4.90 Å². The summed E-state index contributed by atoms with van der Waals surface area (Å²) in [5.41, 5.74) is 1.45. The number of aliphatic hydroxyl groups is 1. The van der Waals surface area contributed by atoms with E-state index in [9.17, 15) is 10.2 Å². The molecule has 1 saturated heterocycles. The van der Waals surface area contributed by atoms with Gasteiger partial charge in [-0.2, -0.15) is 0 Å². The number of phenolic OH excluding ortho intramolecular Hbond substituents is 1. The quantitative estimate of drug-likeness (QED) is 0.660. The maximum Gasteiger partial charge on any atom is 0.162 e. The third-order valence-corrected chi connectivity index (χ3v) is 5.95. The second kappa shape index (κ2) is 8.27. The standard InChI is InChI=1S/C25H27NO3/c1-29-22-15-8-10-19(24(22)27)18-26-17-9-16-23(26)25(28,20-11-4-2-5-12-20)21-13-6-3-7-14-21/h2-8,10-15,23,27-28H,9,16-18H2,1H3/t23-/m0/s1. The van der Waals surface area contributed by atoms with E-state index < -0.39 is 5.60 Å². The SMILES string of the molecule is COc1cccc(CN2CCC[C@H]2C(O)(c2ccccc2)c2ccccc2)c1O. The molecule has 0 aliphatic carbocycles. The van der Waals surface area contributed by atoms with Gasteiger partial charge in [-0.3, -0.25) is 4.90 Å². The number of nitrogens with zero attached hydrogens (tertiary/aromatic N) is 1. The van der Waals surface area contributed by atoms with Gasteiger partial charge in [-0.05, 0) is 36.6 Å². The third kappa shape index (κ3) is 3.61. The lowest BCUT2D eigenvalue weighted by molar-refractivity contribution is -0.00674. The zero-order valence-corrected chi connectivity index (χ0v) is 16.7. The molecule has 0 amide bonds. The van der Waals surface area contributed by atoms with Crippen molar-refractivity contribution in [1.29, 1.82) is 0 Å². The summed E-state index contributed by atoms with van der Waals surface area (Å²) in [6, 6.07) is 25.2. The zero-order chi connectivity index (χ0) is 20.3. The minimum absolute atomic E-state index is 0.0992. The van der Waals surface area contributed by atoms with Gasteiger partial charge in [0.1, 0.15) is 5.60 Å². The number of ether oxygens (including phenoxy) is 1. The molecular weight excluding hydrogens is 362 g/mol. The Morgan fingerprint density at radius 3 is 2.14 bits per heavy atom. The Labute approximate surface area is 172 Å². The second-order valence-corrected chi connectivity index (χ2v) is 7.59. The highest BCUT2D eigenvalue weighted by Gasteiger charge is 2.45. The van der Waals surface area contributed by atoms with Crippen LogP contribution in [0.2, 0.25) is 0 Å². The third-order valence-electron chi connectivity index (χ3n) is 5.95. The van der Waals surface area contributed by atoms with Crippen molar-refractivity contribution in [2.45, 2.75) is 31.0 Å². The molecule has 4 heteroatoms. The number of phenols is 1. The summed E-state index contributed by atoms with van der Waals surface area (Å²) in [5, 5.41) is 22.7. The van der Waals surface area contributed by atoms with Gasteiger partial charge in [0.2, 0.25) is 0 Å². The van der Waals surface area contributed by atoms with Crippen LogP contribution in [0.1, 0.15) is 29.5 Å². The van der Waals surface area contributed by atoms with E-state index in [-0.39, 0.29) is 11.8 Å². The molecule has 1 atom stereocenters. The molecule has 0 aromatic heterocycles. The predicted molar refractivity (Wildman–Crippen MR) is 114 cm³/mol. The van der Waals surface area contributed by atoms with Crippen molar-refractivity contribution in [2.24, 2.45) is 0 Å². The Hall–Kier alpha value is -2.82. The lowest BCUT2D eigenvalue weighted by Gasteiger charge is -2.40. The molecule has 4 nitrogen and oxygen atoms in total. The van der Waals surface area contributed by atoms with Crippen molar-refractivity contribution in [3.8, 4) is 11.5 Å². The number of para-hydroxylation sites is 1. The predicted octanol–water partition coefficient (Wildman–Crippen LogP) is 4.30. The first-order chi connectivity index (χ1) is 14.1. The fourth-order valence-electron chi connectivity index (χ4n) is 4.50. The smallest absolute Gasteiger partial charge is 0.162 e. The van der Waals surface area contributed by atoms with Crippen LogP contribution >= 0.6 is 0 Å². The molecule has 3 aromatic carbocycles. The fraction of sp³-hybridized carbons (Fsp3) is 0.280. The first-order valence-corrected chi connectivity index (χ1v) is 10.1. The summed E-state index contributed by atoms with van der Waals surface area (Å²) in [6.45, 7) is 1.42. The highest BCUT2D eigenvalue weighted by molar-refractivity contribution is 5.45. The lowest BCUT2D eigenvalue weighted by atomic mass is 9.79. The van der Waals surface area contributed by atoms with Crippen LogP contribution in [0.4, 0.5) is 0 Å². The van der Waals surface area contributed by atoms with Gasteiger partial charge in [-0.1, -0.05) is 72.8 Å². The number of likely N-dealkylation sites (tertiary alicyclic amines) is 1. The summed E-state index contributed by atoms with van der Waals surface area (Å²) in [5.74, 6) is 0.642. The molecule has 0 unspecified atom stereocenters. The lowest BCUT2D eigenvalue weighted by Crippen LogP contribution is -2.48. The van der Waals surface area contributed by atoms with E-state index in [1.54, 1.807) is 13.2 Å². The van der Waals surface area contributed by atoms with E-state index in [0.29, 0.717) is 12.3 Å². The minimum atomic E-state index is -1.13. The molecular formula is C25H27NO3. The first kappa shape index (κ1) is 19.5. The number of hydrogen-bond donors (Lipinski definition) is 2. The Morgan fingerprint density at radius 1 is 0.931 bits per heavy atom. The molecule has 1 fully saturated rings. The van der Waals surface area contributed by atoms with Gasteiger partial charge in [0, 0.05) is 18.2 Å². The summed E-state index contributed by atoms with van der Waals surface area (Å²) in [7, 11) is 1.56. The summed E-state index contributed by atoms with van der Waals surface area (Å²) in [6.07, 6.45) is 1.88. The topological polar surface area (TPSA) is 52.9 Å². The molecule has 0 saturated carbocycles. The van der Waals surface area contributed by atoms with E-state index in [1.807, 2.05) is 72.8 Å². The maximum absolute atomic E-state index is 12.1. The largest absolute Gasteiger partial charge is 0.504 e. The summed E-state index contributed by atoms with van der Waals surface area (Å²) < 4.78 is 5.26. The van der Waals surface area contributed by atoms with Gasteiger partial charge in [0.25, 0.3) is 0 Å². The fourth-order valence-corrected chi connectivity index (χ4v) is 4.50. The van der Waals surface area contributed by atoms with Gasteiger partial charge < -0.3 is 14.9 Å². The normalized spacial score (nSPS) is 17.4. The average Bonchev–Trinajstić information content (AvgIpc) is 3.24. The van der Waals surface area contributed by atoms with Crippen LogP contribution in [-0.4, -0.2) is 34.8 Å². The van der Waals surface area contributed by atoms with Crippen molar-refractivity contribution in [3.63, 3.8) is 0 Å². The zero-order valence-electron chi connectivity index (χ0n) is 16.7. The summed E-state index contributed by atoms with van der Waals surface area (Å²) in [4.78, 5) is 2.27. The maximum atomic E-state index is 12.1. The van der Waals surface area contributed by atoms with Crippen LogP contribution in [0.15, 0.2) is 78.9 Å². The van der Waals surface area contributed by atoms with Crippen molar-refractivity contribution in [2.75, 3.05) is 13.7 Å². The van der Waals surface area contributed by atoms with Gasteiger partial charge in [-0.15, -0.1) is 0 Å². The van der Waals surface area contributed by atoms with E-state index in [2.05, 4.69) is 4.90 Å². The molecule has 29 heavy (non-hydrogen) atoms. The molecule has 0 bridgehead atoms. The van der Waals surface area contributed by atoms with Crippen LogP contribution in [0, 0.1) is 0 Å². The van der Waals surface area contributed by atoms with Gasteiger partial charge in [0.05, 0.1) is 7.11 Å². The molecule has 1 aliphatic heterocycles. The molecule has 1 heterocycles. The van der Waals surface area contributed by atoms with Crippen LogP contribution in [0.5, 0.6) is 11.5 Å². The number of rotatable bonds is 6. The molecule has 0 radical (unpaired) electrons. The van der Waals surface area contributed by atoms with Crippen molar-refractivity contribution in [3.05, 3.63) is 95.6 Å². The van der Waals surface area contributed by atoms with E-state index >= 15 is 0 Å². The van der Waals surface area contributed by atoms with Crippen LogP contribution in [0.3, 0.4) is 0 Å². The van der Waals surface area contributed by atoms with E-state index in [4.69, 9.17) is 4.74 Å². The van der Waals surface area contributed by atoms with E-state index in [1.165, 1.54) is 0 Å². The Kier molecular flexibility index (Phi) is 5.56. The molecule has 0 spiro atoms. The van der Waals surface area contributed by atoms with Crippen LogP contribution in [0.25, 0.3) is 0 Å². The van der Waals surface area contributed by atoms with Crippen molar-refractivity contribution >= 4 is 0 Å². The molecule has 2 N–H and O–H groups in total. The Bertz CT molecular complexity index is 903. The highest BCUT2D eigenvalue weighted by atomic mass is 16.5. The Balaban J connectivity index is 1.73. The van der Waals surface area contributed by atoms with Crippen molar-refractivity contribution < 1.29 is 14.9 Å². The Morgan fingerprint density at radius 2 is 1.55 bits per heavy atom. The van der Waals surface area contributed by atoms with Gasteiger partial charge in [-0.25, -0.2) is 0 Å². The molecule has 3 aromatic rings. The first-order valence-electron chi connectivity index (χ1n) is 10.1. The number of aromatic hydroxyl groups is 1. The number of benzene rings is 3.